The first-order chi connectivity index (χ1) is 12.2. The van der Waals surface area contributed by atoms with Crippen LogP contribution in [0.2, 0.25) is 0 Å². The van der Waals surface area contributed by atoms with Crippen molar-refractivity contribution in [2.24, 2.45) is 0 Å². The topological polar surface area (TPSA) is 43.4 Å². The van der Waals surface area contributed by atoms with Gasteiger partial charge in [-0.05, 0) is 32.4 Å². The number of nitrogens with zero attached hydrogens (tertiary/aromatic N) is 1. The van der Waals surface area contributed by atoms with Crippen LogP contribution in [-0.4, -0.2) is 30.0 Å². The number of carbonyl (C=O) groups excluding carboxylic acids is 1. The van der Waals surface area contributed by atoms with Crippen molar-refractivity contribution in [1.29, 1.82) is 0 Å². The van der Waals surface area contributed by atoms with E-state index in [4.69, 9.17) is 0 Å². The van der Waals surface area contributed by atoms with E-state index in [1.807, 2.05) is 6.92 Å². The molecule has 1 unspecified atom stereocenters. The van der Waals surface area contributed by atoms with Gasteiger partial charge in [-0.25, -0.2) is 0 Å². The number of carboxylic acids is 1. The normalized spacial score (nSPS) is 12.2. The quantitative estimate of drug-likeness (QED) is 0.250. The number of rotatable bonds is 19. The monoisotopic (exact) mass is 393 g/mol. The Kier molecular flexibility index (Phi) is 25.2. The fraction of sp³-hybridized carbons (Fsp3) is 0.955. The second kappa shape index (κ2) is 22.4. The second-order valence-electron chi connectivity index (χ2n) is 7.52. The third-order valence-corrected chi connectivity index (χ3v) is 5.20. The zero-order valence-corrected chi connectivity index (χ0v) is 21.5. The fourth-order valence-corrected chi connectivity index (χ4v) is 3.54. The van der Waals surface area contributed by atoms with Crippen LogP contribution in [0.4, 0.5) is 0 Å². The van der Waals surface area contributed by atoms with Gasteiger partial charge >= 0.3 is 51.4 Å². The largest absolute Gasteiger partial charge is 1.00 e. The number of hydrogen-bond donors (Lipinski definition) is 0. The Morgan fingerprint density at radius 3 is 1.35 bits per heavy atom. The van der Waals surface area contributed by atoms with Crippen LogP contribution in [-0.2, 0) is 4.79 Å². The molecule has 0 aliphatic heterocycles. The van der Waals surface area contributed by atoms with E-state index in [1.54, 1.807) is 0 Å². The Bertz CT molecular complexity index is 282. The Hall–Kier alpha value is 1.07. The molecule has 26 heavy (non-hydrogen) atoms. The predicted octanol–water partition coefficient (Wildman–Crippen LogP) is 2.32. The average molecular weight is 394 g/mol. The molecule has 0 N–H and O–H groups in total. The number of carbonyl (C=O) groups is 1. The molecule has 0 saturated heterocycles. The summed E-state index contributed by atoms with van der Waals surface area (Å²) in [6.07, 6.45) is 18.5. The van der Waals surface area contributed by atoms with Gasteiger partial charge in [0.15, 0.2) is 0 Å². The second-order valence-corrected chi connectivity index (χ2v) is 7.52. The van der Waals surface area contributed by atoms with Crippen molar-refractivity contribution < 1.29 is 61.3 Å². The summed E-state index contributed by atoms with van der Waals surface area (Å²) in [6, 6.07) is -0.403. The number of unbranched alkanes of at least 4 members (excludes halogenated alkanes) is 12. The molecule has 0 spiro atoms. The first kappa shape index (κ1) is 29.3. The molecule has 0 aliphatic rings. The van der Waals surface area contributed by atoms with E-state index in [2.05, 4.69) is 18.7 Å². The van der Waals surface area contributed by atoms with E-state index in [0.717, 1.165) is 25.9 Å². The summed E-state index contributed by atoms with van der Waals surface area (Å²) in [5, 5.41) is 11.4. The third-order valence-electron chi connectivity index (χ3n) is 5.20. The minimum atomic E-state index is -0.895. The maximum atomic E-state index is 11.4. The minimum absolute atomic E-state index is 0. The van der Waals surface area contributed by atoms with Gasteiger partial charge < -0.3 is 9.90 Å². The molecule has 1 atom stereocenters. The van der Waals surface area contributed by atoms with E-state index in [0.29, 0.717) is 6.42 Å². The summed E-state index contributed by atoms with van der Waals surface area (Å²) in [5.41, 5.74) is 0. The van der Waals surface area contributed by atoms with Crippen LogP contribution in [0.15, 0.2) is 0 Å². The van der Waals surface area contributed by atoms with E-state index in [-0.39, 0.29) is 51.4 Å². The number of aliphatic carboxylic acids is 1. The third kappa shape index (κ3) is 17.2. The van der Waals surface area contributed by atoms with Crippen LogP contribution >= 0.6 is 0 Å². The Labute approximate surface area is 206 Å². The summed E-state index contributed by atoms with van der Waals surface area (Å²) >= 11 is 0. The SMILES string of the molecule is CCCCCCCCCN(CCCCCCCCC)C(CC)C(=O)[O-].[K+]. The first-order valence-corrected chi connectivity index (χ1v) is 11.1. The molecular weight excluding hydrogens is 349 g/mol. The number of hydrogen-bond acceptors (Lipinski definition) is 3. The summed E-state index contributed by atoms with van der Waals surface area (Å²) in [7, 11) is 0. The zero-order chi connectivity index (χ0) is 18.8. The summed E-state index contributed by atoms with van der Waals surface area (Å²) < 4.78 is 0. The molecule has 0 fully saturated rings. The summed E-state index contributed by atoms with van der Waals surface area (Å²) in [5.74, 6) is -0.895. The van der Waals surface area contributed by atoms with Crippen molar-refractivity contribution in [3.05, 3.63) is 0 Å². The van der Waals surface area contributed by atoms with Crippen LogP contribution in [0.1, 0.15) is 117 Å². The molecule has 0 aliphatic carbocycles. The Balaban J connectivity index is 0. The van der Waals surface area contributed by atoms with Gasteiger partial charge in [0, 0.05) is 6.04 Å². The van der Waals surface area contributed by atoms with E-state index in [9.17, 15) is 9.90 Å². The zero-order valence-electron chi connectivity index (χ0n) is 18.4. The minimum Gasteiger partial charge on any atom is -0.548 e. The molecule has 0 rings (SSSR count). The average Bonchev–Trinajstić information content (AvgIpc) is 2.59. The van der Waals surface area contributed by atoms with Gasteiger partial charge in [0.2, 0.25) is 0 Å². The molecule has 0 aromatic rings. The molecule has 0 radical (unpaired) electrons. The molecule has 0 saturated carbocycles. The van der Waals surface area contributed by atoms with Crippen molar-refractivity contribution in [3.8, 4) is 0 Å². The van der Waals surface area contributed by atoms with Crippen LogP contribution in [0.3, 0.4) is 0 Å². The molecule has 3 nitrogen and oxygen atoms in total. The van der Waals surface area contributed by atoms with Gasteiger partial charge in [0.05, 0.1) is 5.97 Å². The standard InChI is InChI=1S/C22H45NO2.K/c1-4-7-9-11-13-15-17-19-23(21(6-3)22(24)25)20-18-16-14-12-10-8-5-2;/h21H,4-20H2,1-3H3,(H,24,25);/q;+1/p-1. The van der Waals surface area contributed by atoms with Gasteiger partial charge in [-0.2, -0.15) is 0 Å². The molecule has 0 aromatic carbocycles. The van der Waals surface area contributed by atoms with Gasteiger partial charge in [0.1, 0.15) is 0 Å². The first-order valence-electron chi connectivity index (χ1n) is 11.1. The van der Waals surface area contributed by atoms with E-state index < -0.39 is 12.0 Å². The van der Waals surface area contributed by atoms with Crippen molar-refractivity contribution >= 4 is 5.97 Å². The molecule has 150 valence electrons. The molecule has 0 amide bonds. The molecular formula is C22H44KNO2. The molecule has 0 aromatic heterocycles. The van der Waals surface area contributed by atoms with Crippen LogP contribution in [0, 0.1) is 0 Å². The van der Waals surface area contributed by atoms with Gasteiger partial charge in [-0.15, -0.1) is 0 Å². The maximum Gasteiger partial charge on any atom is 1.00 e. The molecule has 0 heterocycles. The van der Waals surface area contributed by atoms with Crippen molar-refractivity contribution in [2.45, 2.75) is 123 Å². The van der Waals surface area contributed by atoms with Gasteiger partial charge in [0.25, 0.3) is 0 Å². The fourth-order valence-electron chi connectivity index (χ4n) is 3.54. The maximum absolute atomic E-state index is 11.4. The predicted molar refractivity (Wildman–Crippen MR) is 107 cm³/mol. The van der Waals surface area contributed by atoms with Crippen molar-refractivity contribution in [3.63, 3.8) is 0 Å². The summed E-state index contributed by atoms with van der Waals surface area (Å²) in [4.78, 5) is 13.6. The van der Waals surface area contributed by atoms with Crippen LogP contribution in [0.5, 0.6) is 0 Å². The number of carboxylic acid groups (broad SMARTS) is 1. The summed E-state index contributed by atoms with van der Waals surface area (Å²) in [6.45, 7) is 8.27. The molecule has 4 heteroatoms. The molecule has 0 bridgehead atoms. The van der Waals surface area contributed by atoms with Crippen molar-refractivity contribution in [2.75, 3.05) is 13.1 Å². The Morgan fingerprint density at radius 1 is 0.692 bits per heavy atom. The smallest absolute Gasteiger partial charge is 0.548 e. The van der Waals surface area contributed by atoms with Crippen LogP contribution < -0.4 is 56.5 Å². The van der Waals surface area contributed by atoms with E-state index >= 15 is 0 Å². The Morgan fingerprint density at radius 2 is 1.04 bits per heavy atom. The van der Waals surface area contributed by atoms with Gasteiger partial charge in [-0.1, -0.05) is 97.8 Å². The van der Waals surface area contributed by atoms with E-state index in [1.165, 1.54) is 77.0 Å². The van der Waals surface area contributed by atoms with Gasteiger partial charge in [-0.3, -0.25) is 4.90 Å². The van der Waals surface area contributed by atoms with Crippen LogP contribution in [0.25, 0.3) is 0 Å². The van der Waals surface area contributed by atoms with Crippen molar-refractivity contribution in [1.82, 2.24) is 4.90 Å².